The third-order valence-corrected chi connectivity index (χ3v) is 2.18. The minimum atomic E-state index is -0.850. The van der Waals surface area contributed by atoms with Gasteiger partial charge in [0.05, 0.1) is 0 Å². The van der Waals surface area contributed by atoms with E-state index in [-0.39, 0.29) is 11.1 Å². The van der Waals surface area contributed by atoms with Gasteiger partial charge in [0.2, 0.25) is 0 Å². The number of carbonyl (C=O) groups excluding carboxylic acids is 1. The van der Waals surface area contributed by atoms with Crippen LogP contribution >= 0.6 is 0 Å². The monoisotopic (exact) mass is 221 g/mol. The summed E-state index contributed by atoms with van der Waals surface area (Å²) in [6, 6.07) is 5.53. The summed E-state index contributed by atoms with van der Waals surface area (Å²) < 4.78 is 18.0. The molecule has 1 N–H and O–H groups in total. The smallest absolute Gasteiger partial charge is 0.349 e. The molecule has 0 saturated heterocycles. The van der Waals surface area contributed by atoms with E-state index >= 15 is 0 Å². The van der Waals surface area contributed by atoms with Gasteiger partial charge in [0.15, 0.2) is 11.4 Å². The van der Waals surface area contributed by atoms with E-state index < -0.39 is 17.3 Å². The van der Waals surface area contributed by atoms with Crippen LogP contribution in [0.2, 0.25) is 0 Å². The molecule has 82 valence electrons. The lowest BCUT2D eigenvalue weighted by molar-refractivity contribution is 0.0959. The van der Waals surface area contributed by atoms with Gasteiger partial charge in [-0.1, -0.05) is 12.1 Å². The molecule has 16 heavy (non-hydrogen) atoms. The molecule has 0 radical (unpaired) electrons. The Bertz CT molecular complexity index is 618. The quantitative estimate of drug-likeness (QED) is 0.738. The lowest BCUT2D eigenvalue weighted by Crippen LogP contribution is -2.24. The Morgan fingerprint density at radius 1 is 1.44 bits per heavy atom. The van der Waals surface area contributed by atoms with Crippen molar-refractivity contribution in [1.29, 1.82) is 0 Å². The Kier molecular flexibility index (Phi) is 2.44. The van der Waals surface area contributed by atoms with Crippen LogP contribution in [0.15, 0.2) is 33.5 Å². The molecule has 0 aliphatic carbocycles. The van der Waals surface area contributed by atoms with Gasteiger partial charge in [0.25, 0.3) is 5.91 Å². The summed E-state index contributed by atoms with van der Waals surface area (Å²) in [6.45, 7) is 0. The highest BCUT2D eigenvalue weighted by Crippen LogP contribution is 2.16. The molecule has 0 bridgehead atoms. The van der Waals surface area contributed by atoms with E-state index in [4.69, 9.17) is 4.42 Å². The molecule has 2 rings (SSSR count). The van der Waals surface area contributed by atoms with E-state index in [1.807, 2.05) is 0 Å². The normalized spacial score (nSPS) is 10.4. The Morgan fingerprint density at radius 3 is 2.88 bits per heavy atom. The number of halogens is 1. The van der Waals surface area contributed by atoms with E-state index in [1.165, 1.54) is 25.2 Å². The molecule has 0 fully saturated rings. The molecule has 4 nitrogen and oxygen atoms in total. The summed E-state index contributed by atoms with van der Waals surface area (Å²) in [5.74, 6) is -1.18. The van der Waals surface area contributed by atoms with Crippen LogP contribution in [-0.2, 0) is 0 Å². The molecule has 5 heteroatoms. The van der Waals surface area contributed by atoms with Crippen LogP contribution in [0.25, 0.3) is 11.0 Å². The maximum Gasteiger partial charge on any atom is 0.349 e. The minimum absolute atomic E-state index is 0.138. The average molecular weight is 221 g/mol. The van der Waals surface area contributed by atoms with Crippen LogP contribution in [-0.4, -0.2) is 13.0 Å². The number of hydrogen-bond acceptors (Lipinski definition) is 3. The third-order valence-electron chi connectivity index (χ3n) is 2.18. The molecule has 0 saturated carbocycles. The van der Waals surface area contributed by atoms with Crippen LogP contribution < -0.4 is 10.9 Å². The minimum Gasteiger partial charge on any atom is -0.419 e. The highest BCUT2D eigenvalue weighted by Gasteiger charge is 2.13. The van der Waals surface area contributed by atoms with Gasteiger partial charge in [-0.2, -0.15) is 0 Å². The average Bonchev–Trinajstić information content (AvgIpc) is 2.29. The molecule has 0 aliphatic rings. The molecule has 1 aromatic carbocycles. The first kappa shape index (κ1) is 10.4. The number of benzene rings is 1. The fourth-order valence-electron chi connectivity index (χ4n) is 1.40. The standard InChI is InChI=1S/C11H8FNO3/c1-13-10(14)7-5-6-3-2-4-8(12)9(6)16-11(7)15/h2-5H,1H3,(H,13,14). The Hall–Kier alpha value is -2.17. The second kappa shape index (κ2) is 3.77. The fourth-order valence-corrected chi connectivity index (χ4v) is 1.40. The number of hydrogen-bond donors (Lipinski definition) is 1. The zero-order valence-corrected chi connectivity index (χ0v) is 8.41. The van der Waals surface area contributed by atoms with Crippen molar-refractivity contribution in [3.63, 3.8) is 0 Å². The van der Waals surface area contributed by atoms with Gasteiger partial charge in [-0.15, -0.1) is 0 Å². The number of nitrogens with one attached hydrogen (secondary N) is 1. The molecule has 0 atom stereocenters. The maximum atomic E-state index is 13.2. The van der Waals surface area contributed by atoms with Crippen molar-refractivity contribution < 1.29 is 13.6 Å². The lowest BCUT2D eigenvalue weighted by atomic mass is 10.2. The van der Waals surface area contributed by atoms with Crippen LogP contribution in [0.3, 0.4) is 0 Å². The van der Waals surface area contributed by atoms with E-state index in [1.54, 1.807) is 6.07 Å². The second-order valence-electron chi connectivity index (χ2n) is 3.18. The van der Waals surface area contributed by atoms with Crippen molar-refractivity contribution in [2.24, 2.45) is 0 Å². The second-order valence-corrected chi connectivity index (χ2v) is 3.18. The predicted octanol–water partition coefficient (Wildman–Crippen LogP) is 1.29. The molecule has 1 aromatic heterocycles. The first-order valence-electron chi connectivity index (χ1n) is 4.58. The van der Waals surface area contributed by atoms with Crippen LogP contribution in [0, 0.1) is 5.82 Å². The Morgan fingerprint density at radius 2 is 2.19 bits per heavy atom. The number of amides is 1. The van der Waals surface area contributed by atoms with Crippen molar-refractivity contribution in [1.82, 2.24) is 5.32 Å². The number of para-hydroxylation sites is 1. The molecule has 0 spiro atoms. The summed E-state index contributed by atoms with van der Waals surface area (Å²) in [6.07, 6.45) is 0. The molecule has 1 heterocycles. The van der Waals surface area contributed by atoms with Crippen LogP contribution in [0.5, 0.6) is 0 Å². The molecule has 1 amide bonds. The summed E-state index contributed by atoms with van der Waals surface area (Å²) >= 11 is 0. The first-order chi connectivity index (χ1) is 7.63. The topological polar surface area (TPSA) is 59.3 Å². The van der Waals surface area contributed by atoms with Gasteiger partial charge >= 0.3 is 5.63 Å². The molecule has 0 unspecified atom stereocenters. The SMILES string of the molecule is CNC(=O)c1cc2cccc(F)c2oc1=O. The highest BCUT2D eigenvalue weighted by molar-refractivity contribution is 5.96. The van der Waals surface area contributed by atoms with E-state index in [2.05, 4.69) is 5.32 Å². The third kappa shape index (κ3) is 1.56. The molecule has 0 aliphatic heterocycles. The summed E-state index contributed by atoms with van der Waals surface area (Å²) in [4.78, 5) is 22.7. The number of fused-ring (bicyclic) bond motifs is 1. The highest BCUT2D eigenvalue weighted by atomic mass is 19.1. The molecular formula is C11H8FNO3. The van der Waals surface area contributed by atoms with Crippen molar-refractivity contribution in [3.05, 3.63) is 46.1 Å². The van der Waals surface area contributed by atoms with E-state index in [9.17, 15) is 14.0 Å². The molecule has 2 aromatic rings. The zero-order chi connectivity index (χ0) is 11.7. The van der Waals surface area contributed by atoms with Crippen LogP contribution in [0.1, 0.15) is 10.4 Å². The Balaban J connectivity index is 2.78. The molecular weight excluding hydrogens is 213 g/mol. The lowest BCUT2D eigenvalue weighted by Gasteiger charge is -2.01. The number of carbonyl (C=O) groups is 1. The van der Waals surface area contributed by atoms with Gasteiger partial charge in [-0.25, -0.2) is 9.18 Å². The summed E-state index contributed by atoms with van der Waals surface area (Å²) in [5.41, 5.74) is -1.13. The van der Waals surface area contributed by atoms with Crippen molar-refractivity contribution in [2.75, 3.05) is 7.05 Å². The number of rotatable bonds is 1. The fraction of sp³-hybridized carbons (Fsp3) is 0.0909. The van der Waals surface area contributed by atoms with Crippen LogP contribution in [0.4, 0.5) is 4.39 Å². The Labute approximate surface area is 89.7 Å². The summed E-state index contributed by atoms with van der Waals surface area (Å²) in [5, 5.41) is 2.68. The summed E-state index contributed by atoms with van der Waals surface area (Å²) in [7, 11) is 1.40. The van der Waals surface area contributed by atoms with Crippen molar-refractivity contribution in [3.8, 4) is 0 Å². The van der Waals surface area contributed by atoms with Crippen molar-refractivity contribution in [2.45, 2.75) is 0 Å². The maximum absolute atomic E-state index is 13.2. The van der Waals surface area contributed by atoms with Crippen molar-refractivity contribution >= 4 is 16.9 Å². The van der Waals surface area contributed by atoms with E-state index in [0.717, 1.165) is 0 Å². The van der Waals surface area contributed by atoms with Gasteiger partial charge in [-0.05, 0) is 12.1 Å². The van der Waals surface area contributed by atoms with Gasteiger partial charge in [0.1, 0.15) is 5.56 Å². The van der Waals surface area contributed by atoms with E-state index in [0.29, 0.717) is 5.39 Å². The zero-order valence-electron chi connectivity index (χ0n) is 8.41. The van der Waals surface area contributed by atoms with Gasteiger partial charge in [0, 0.05) is 12.4 Å². The van der Waals surface area contributed by atoms with Gasteiger partial charge in [-0.3, -0.25) is 4.79 Å². The van der Waals surface area contributed by atoms with Gasteiger partial charge < -0.3 is 9.73 Å². The largest absolute Gasteiger partial charge is 0.419 e. The first-order valence-corrected chi connectivity index (χ1v) is 4.58. The predicted molar refractivity (Wildman–Crippen MR) is 55.8 cm³/mol.